The largest absolute Gasteiger partial charge is 0.300 e. The molecule has 1 aromatic carbocycles. The smallest absolute Gasteiger partial charge is 0.133 e. The Morgan fingerprint density at radius 2 is 1.58 bits per heavy atom. The quantitative estimate of drug-likeness (QED) is 0.837. The van der Waals surface area contributed by atoms with Crippen LogP contribution < -0.4 is 0 Å². The van der Waals surface area contributed by atoms with Crippen LogP contribution in [0.4, 0.5) is 0 Å². The van der Waals surface area contributed by atoms with Crippen molar-refractivity contribution in [1.29, 1.82) is 0 Å². The lowest BCUT2D eigenvalue weighted by molar-refractivity contribution is -0.123. The Kier molecular flexibility index (Phi) is 6.02. The monoisotopic (exact) mass is 281 g/mol. The lowest BCUT2D eigenvalue weighted by atomic mass is 9.74. The number of benzene rings is 1. The van der Waals surface area contributed by atoms with E-state index in [-0.39, 0.29) is 17.9 Å². The van der Waals surface area contributed by atoms with Crippen LogP contribution in [0.1, 0.15) is 45.1 Å². The van der Waals surface area contributed by atoms with Gasteiger partial charge in [-0.25, -0.2) is 0 Å². The first-order valence-electron chi connectivity index (χ1n) is 7.05. The van der Waals surface area contributed by atoms with Crippen molar-refractivity contribution in [1.82, 2.24) is 4.90 Å². The Labute approximate surface area is 122 Å². The fourth-order valence-corrected chi connectivity index (χ4v) is 3.31. The molecule has 0 bridgehead atoms. The van der Waals surface area contributed by atoms with Gasteiger partial charge in [-0.3, -0.25) is 9.69 Å². The second-order valence-electron chi connectivity index (χ2n) is 5.11. The normalized spacial score (nSPS) is 18.2. The van der Waals surface area contributed by atoms with Crippen LogP contribution in [0.5, 0.6) is 0 Å². The first kappa shape index (κ1) is 16.2. The third-order valence-corrected chi connectivity index (χ3v) is 4.31. The maximum atomic E-state index is 11.6. The highest BCUT2D eigenvalue weighted by Crippen LogP contribution is 2.41. The highest BCUT2D eigenvalue weighted by atomic mass is 35.5. The van der Waals surface area contributed by atoms with E-state index in [0.29, 0.717) is 5.78 Å². The van der Waals surface area contributed by atoms with Gasteiger partial charge < -0.3 is 0 Å². The summed E-state index contributed by atoms with van der Waals surface area (Å²) in [6.45, 7) is 6.51. The van der Waals surface area contributed by atoms with Crippen LogP contribution in [0, 0.1) is 0 Å². The van der Waals surface area contributed by atoms with E-state index in [1.807, 2.05) is 0 Å². The molecule has 0 aromatic heterocycles. The zero-order valence-corrected chi connectivity index (χ0v) is 12.7. The topological polar surface area (TPSA) is 20.3 Å². The summed E-state index contributed by atoms with van der Waals surface area (Å²) in [5.41, 5.74) is 1.46. The molecule has 0 radical (unpaired) electrons. The molecule has 0 N–H and O–H groups in total. The Morgan fingerprint density at radius 3 is 2.05 bits per heavy atom. The second kappa shape index (κ2) is 7.06. The van der Waals surface area contributed by atoms with E-state index in [4.69, 9.17) is 0 Å². The van der Waals surface area contributed by atoms with Crippen LogP contribution in [0.2, 0.25) is 0 Å². The molecule has 1 aliphatic rings. The van der Waals surface area contributed by atoms with Crippen molar-refractivity contribution in [2.24, 2.45) is 0 Å². The van der Waals surface area contributed by atoms with E-state index in [1.165, 1.54) is 5.56 Å². The van der Waals surface area contributed by atoms with Gasteiger partial charge in [0.25, 0.3) is 0 Å². The molecule has 1 aliphatic carbocycles. The molecule has 2 nitrogen and oxygen atoms in total. The van der Waals surface area contributed by atoms with Gasteiger partial charge in [0.05, 0.1) is 0 Å². The van der Waals surface area contributed by atoms with Crippen LogP contribution in [0.15, 0.2) is 30.3 Å². The number of ketones is 1. The number of hydrogen-bond acceptors (Lipinski definition) is 2. The summed E-state index contributed by atoms with van der Waals surface area (Å²) >= 11 is 0. The first-order valence-corrected chi connectivity index (χ1v) is 7.05. The number of carbonyl (C=O) groups is 1. The molecule has 1 aromatic rings. The summed E-state index contributed by atoms with van der Waals surface area (Å²) in [6.07, 6.45) is 3.39. The van der Waals surface area contributed by atoms with E-state index >= 15 is 0 Å². The van der Waals surface area contributed by atoms with E-state index in [1.54, 1.807) is 0 Å². The average Bonchev–Trinajstić information content (AvgIpc) is 2.43. The number of Topliss-reactive ketones (excluding diaryl/α,β-unsaturated/α-hetero) is 1. The van der Waals surface area contributed by atoms with Gasteiger partial charge in [-0.1, -0.05) is 44.2 Å². The van der Waals surface area contributed by atoms with Crippen molar-refractivity contribution in [2.45, 2.75) is 45.1 Å². The number of hydrogen-bond donors (Lipinski definition) is 0. The van der Waals surface area contributed by atoms with E-state index in [2.05, 4.69) is 49.1 Å². The molecule has 0 atom stereocenters. The van der Waals surface area contributed by atoms with E-state index < -0.39 is 0 Å². The van der Waals surface area contributed by atoms with Crippen molar-refractivity contribution < 1.29 is 4.79 Å². The molecule has 0 saturated heterocycles. The zero-order chi connectivity index (χ0) is 13.0. The fourth-order valence-electron chi connectivity index (χ4n) is 3.31. The minimum absolute atomic E-state index is 0. The molecule has 1 fully saturated rings. The third-order valence-electron chi connectivity index (χ3n) is 4.31. The average molecular weight is 282 g/mol. The van der Waals surface area contributed by atoms with Gasteiger partial charge in [0, 0.05) is 18.4 Å². The minimum atomic E-state index is 0. The zero-order valence-electron chi connectivity index (χ0n) is 11.9. The van der Waals surface area contributed by atoms with E-state index in [9.17, 15) is 4.79 Å². The number of carbonyl (C=O) groups excluding carboxylic acids is 1. The van der Waals surface area contributed by atoms with Crippen molar-refractivity contribution in [3.8, 4) is 0 Å². The Bertz CT molecular complexity index is 390. The van der Waals surface area contributed by atoms with Gasteiger partial charge in [-0.2, -0.15) is 0 Å². The summed E-state index contributed by atoms with van der Waals surface area (Å²) in [7, 11) is 0. The highest BCUT2D eigenvalue weighted by molar-refractivity contribution is 5.85. The molecule has 0 heterocycles. The van der Waals surface area contributed by atoms with Gasteiger partial charge >= 0.3 is 0 Å². The fraction of sp³-hybridized carbons (Fsp3) is 0.562. The number of halogens is 1. The predicted molar refractivity (Wildman–Crippen MR) is 81.8 cm³/mol. The standard InChI is InChI=1S/C16H23NO.ClH/c1-3-17(4-2)16(12-10-15(18)11-13-16)14-8-6-5-7-9-14;/h5-9H,3-4,10-13H2,1-2H3;1H. The van der Waals surface area contributed by atoms with Crippen molar-refractivity contribution in [2.75, 3.05) is 13.1 Å². The highest BCUT2D eigenvalue weighted by Gasteiger charge is 2.39. The van der Waals surface area contributed by atoms with Gasteiger partial charge in [0.15, 0.2) is 0 Å². The van der Waals surface area contributed by atoms with Crippen molar-refractivity contribution in [3.05, 3.63) is 35.9 Å². The summed E-state index contributed by atoms with van der Waals surface area (Å²) in [5.74, 6) is 0.425. The van der Waals surface area contributed by atoms with Gasteiger partial charge in [-0.15, -0.1) is 12.4 Å². The van der Waals surface area contributed by atoms with Gasteiger partial charge in [0.2, 0.25) is 0 Å². The van der Waals surface area contributed by atoms with Crippen LogP contribution in [0.25, 0.3) is 0 Å². The molecule has 3 heteroatoms. The second-order valence-corrected chi connectivity index (χ2v) is 5.11. The molecule has 0 amide bonds. The molecule has 0 aliphatic heterocycles. The minimum Gasteiger partial charge on any atom is -0.300 e. The molecule has 106 valence electrons. The molecule has 19 heavy (non-hydrogen) atoms. The Hall–Kier alpha value is -0.860. The van der Waals surface area contributed by atoms with E-state index in [0.717, 1.165) is 38.8 Å². The Morgan fingerprint density at radius 1 is 1.05 bits per heavy atom. The molecule has 2 rings (SSSR count). The summed E-state index contributed by atoms with van der Waals surface area (Å²) in [4.78, 5) is 14.1. The third kappa shape index (κ3) is 3.18. The van der Waals surface area contributed by atoms with Gasteiger partial charge in [0.1, 0.15) is 5.78 Å². The lowest BCUT2D eigenvalue weighted by Gasteiger charge is -2.46. The van der Waals surface area contributed by atoms with Crippen LogP contribution in [-0.4, -0.2) is 23.8 Å². The van der Waals surface area contributed by atoms with Crippen LogP contribution in [0.3, 0.4) is 0 Å². The maximum Gasteiger partial charge on any atom is 0.133 e. The molecular weight excluding hydrogens is 258 g/mol. The molecule has 0 unspecified atom stereocenters. The Balaban J connectivity index is 0.00000180. The van der Waals surface area contributed by atoms with Crippen LogP contribution >= 0.6 is 12.4 Å². The number of rotatable bonds is 4. The number of nitrogens with zero attached hydrogens (tertiary/aromatic N) is 1. The molecule has 0 spiro atoms. The molecular formula is C16H24ClNO. The van der Waals surface area contributed by atoms with Crippen molar-refractivity contribution >= 4 is 18.2 Å². The predicted octanol–water partition coefficient (Wildman–Crippen LogP) is 3.79. The molecule has 1 saturated carbocycles. The summed E-state index contributed by atoms with van der Waals surface area (Å²) in [6, 6.07) is 10.7. The summed E-state index contributed by atoms with van der Waals surface area (Å²) < 4.78 is 0. The van der Waals surface area contributed by atoms with Crippen LogP contribution in [-0.2, 0) is 10.3 Å². The summed E-state index contributed by atoms with van der Waals surface area (Å²) in [5, 5.41) is 0. The SMILES string of the molecule is CCN(CC)C1(c2ccccc2)CCC(=O)CC1.Cl. The van der Waals surface area contributed by atoms with Gasteiger partial charge in [-0.05, 0) is 31.5 Å². The first-order chi connectivity index (χ1) is 8.73. The van der Waals surface area contributed by atoms with Crippen molar-refractivity contribution in [3.63, 3.8) is 0 Å². The lowest BCUT2D eigenvalue weighted by Crippen LogP contribution is -2.48. The maximum absolute atomic E-state index is 11.6.